The number of carboxylic acid groups (broad SMARTS) is 1. The summed E-state index contributed by atoms with van der Waals surface area (Å²) in [5.41, 5.74) is 5.67. The maximum atomic E-state index is 11.9. The van der Waals surface area contributed by atoms with Crippen molar-refractivity contribution in [2.45, 2.75) is 11.8 Å². The summed E-state index contributed by atoms with van der Waals surface area (Å²) in [6.45, 7) is 0. The highest BCUT2D eigenvalue weighted by atomic mass is 35.5. The van der Waals surface area contributed by atoms with Crippen molar-refractivity contribution in [2.24, 2.45) is 5.73 Å². The highest BCUT2D eigenvalue weighted by molar-refractivity contribution is 7.98. The number of nitrogens with zero attached hydrogens (tertiary/aromatic N) is 1. The number of nitrogens with one attached hydrogen (secondary N) is 1. The lowest BCUT2D eigenvalue weighted by Gasteiger charge is -2.06. The normalized spacial score (nSPS) is 12.5. The van der Waals surface area contributed by atoms with E-state index in [2.05, 4.69) is 9.97 Å². The fourth-order valence-corrected chi connectivity index (χ4v) is 2.60. The van der Waals surface area contributed by atoms with Crippen LogP contribution in [0.1, 0.15) is 5.82 Å². The average Bonchev–Trinajstić information content (AvgIpc) is 2.39. The van der Waals surface area contributed by atoms with Gasteiger partial charge in [0.05, 0.1) is 16.7 Å². The number of hydrogen-bond acceptors (Lipinski definition) is 5. The molecule has 0 saturated carbocycles. The standard InChI is InChI=1S/C12H12ClN3O3S/c13-6-1-2-9-7(3-6)11(17)16-10(15-9)5-20-4-8(14)12(18)19/h1-3,8H,4-5,14H2,(H,18,19)(H,15,16,17)/t8-/m1/s1. The molecule has 8 heteroatoms. The number of halogens is 1. The summed E-state index contributed by atoms with van der Waals surface area (Å²) < 4.78 is 0. The number of benzene rings is 1. The highest BCUT2D eigenvalue weighted by Gasteiger charge is 2.11. The van der Waals surface area contributed by atoms with Crippen LogP contribution in [-0.4, -0.2) is 32.8 Å². The SMILES string of the molecule is N[C@H](CSCc1nc2ccc(Cl)cc2c(=O)[nH]1)C(=O)O. The van der Waals surface area contributed by atoms with E-state index in [1.807, 2.05) is 0 Å². The summed E-state index contributed by atoms with van der Waals surface area (Å²) in [4.78, 5) is 29.4. The molecule has 2 rings (SSSR count). The lowest BCUT2D eigenvalue weighted by atomic mass is 10.2. The molecule has 0 bridgehead atoms. The second-order valence-corrected chi connectivity index (χ2v) is 5.60. The Balaban J connectivity index is 2.14. The molecule has 0 aliphatic rings. The van der Waals surface area contributed by atoms with E-state index in [0.29, 0.717) is 27.5 Å². The van der Waals surface area contributed by atoms with Gasteiger partial charge in [-0.05, 0) is 18.2 Å². The van der Waals surface area contributed by atoms with Crippen molar-refractivity contribution >= 4 is 40.2 Å². The first-order valence-corrected chi connectivity index (χ1v) is 7.25. The Morgan fingerprint density at radius 2 is 2.30 bits per heavy atom. The number of aromatic amines is 1. The number of fused-ring (bicyclic) bond motifs is 1. The largest absolute Gasteiger partial charge is 0.480 e. The first kappa shape index (κ1) is 14.8. The summed E-state index contributed by atoms with van der Waals surface area (Å²) in [7, 11) is 0. The van der Waals surface area contributed by atoms with Gasteiger partial charge in [-0.1, -0.05) is 11.6 Å². The maximum Gasteiger partial charge on any atom is 0.321 e. The van der Waals surface area contributed by atoms with Crippen LogP contribution in [0.15, 0.2) is 23.0 Å². The number of hydrogen-bond donors (Lipinski definition) is 3. The quantitative estimate of drug-likeness (QED) is 0.766. The molecule has 4 N–H and O–H groups in total. The smallest absolute Gasteiger partial charge is 0.321 e. The Morgan fingerprint density at radius 1 is 1.55 bits per heavy atom. The number of nitrogens with two attached hydrogens (primary N) is 1. The molecular formula is C12H12ClN3O3S. The molecular weight excluding hydrogens is 302 g/mol. The predicted molar refractivity (Wildman–Crippen MR) is 79.1 cm³/mol. The van der Waals surface area contributed by atoms with Crippen LogP contribution < -0.4 is 11.3 Å². The van der Waals surface area contributed by atoms with Gasteiger partial charge in [0.15, 0.2) is 0 Å². The fourth-order valence-electron chi connectivity index (χ4n) is 1.58. The van der Waals surface area contributed by atoms with Gasteiger partial charge < -0.3 is 15.8 Å². The van der Waals surface area contributed by atoms with Gasteiger partial charge in [-0.15, -0.1) is 0 Å². The van der Waals surface area contributed by atoms with Crippen molar-refractivity contribution in [3.63, 3.8) is 0 Å². The van der Waals surface area contributed by atoms with Crippen molar-refractivity contribution in [1.29, 1.82) is 0 Å². The lowest BCUT2D eigenvalue weighted by molar-refractivity contribution is -0.137. The number of aromatic nitrogens is 2. The molecule has 0 aliphatic heterocycles. The molecule has 0 amide bonds. The third-order valence-electron chi connectivity index (χ3n) is 2.57. The number of rotatable bonds is 5. The molecule has 1 aromatic heterocycles. The van der Waals surface area contributed by atoms with E-state index in [9.17, 15) is 9.59 Å². The van der Waals surface area contributed by atoms with Crippen molar-refractivity contribution in [3.05, 3.63) is 39.4 Å². The van der Waals surface area contributed by atoms with Crippen LogP contribution >= 0.6 is 23.4 Å². The van der Waals surface area contributed by atoms with Crippen LogP contribution in [0, 0.1) is 0 Å². The molecule has 2 aromatic rings. The van der Waals surface area contributed by atoms with E-state index in [4.69, 9.17) is 22.4 Å². The van der Waals surface area contributed by atoms with E-state index in [-0.39, 0.29) is 11.3 Å². The van der Waals surface area contributed by atoms with Gasteiger partial charge in [0.1, 0.15) is 11.9 Å². The van der Waals surface area contributed by atoms with Gasteiger partial charge in [0.2, 0.25) is 0 Å². The third kappa shape index (κ3) is 3.50. The van der Waals surface area contributed by atoms with Gasteiger partial charge in [-0.2, -0.15) is 11.8 Å². The maximum absolute atomic E-state index is 11.9. The lowest BCUT2D eigenvalue weighted by Crippen LogP contribution is -2.32. The predicted octanol–water partition coefficient (Wildman–Crippen LogP) is 1.22. The van der Waals surface area contributed by atoms with Crippen LogP contribution in [-0.2, 0) is 10.5 Å². The van der Waals surface area contributed by atoms with E-state index < -0.39 is 12.0 Å². The first-order chi connectivity index (χ1) is 9.47. The molecule has 6 nitrogen and oxygen atoms in total. The van der Waals surface area contributed by atoms with Gasteiger partial charge in [0, 0.05) is 10.8 Å². The fraction of sp³-hybridized carbons (Fsp3) is 0.250. The van der Waals surface area contributed by atoms with Crippen LogP contribution in [0.25, 0.3) is 10.9 Å². The second-order valence-electron chi connectivity index (χ2n) is 4.13. The molecule has 1 atom stereocenters. The molecule has 0 spiro atoms. The molecule has 1 heterocycles. The number of carbonyl (C=O) groups is 1. The Morgan fingerprint density at radius 3 is 3.00 bits per heavy atom. The Kier molecular flexibility index (Phi) is 4.64. The summed E-state index contributed by atoms with van der Waals surface area (Å²) in [6, 6.07) is 3.96. The molecule has 0 radical (unpaired) electrons. The van der Waals surface area contributed by atoms with E-state index in [0.717, 1.165) is 0 Å². The zero-order valence-electron chi connectivity index (χ0n) is 10.3. The van der Waals surface area contributed by atoms with Crippen molar-refractivity contribution in [3.8, 4) is 0 Å². The number of H-pyrrole nitrogens is 1. The molecule has 0 aliphatic carbocycles. The summed E-state index contributed by atoms with van der Waals surface area (Å²) in [5, 5.41) is 9.56. The number of carboxylic acids is 1. The van der Waals surface area contributed by atoms with Crippen LogP contribution in [0.3, 0.4) is 0 Å². The number of aliphatic carboxylic acids is 1. The minimum absolute atomic E-state index is 0.248. The van der Waals surface area contributed by atoms with Crippen LogP contribution in [0.4, 0.5) is 0 Å². The highest BCUT2D eigenvalue weighted by Crippen LogP contribution is 2.16. The zero-order chi connectivity index (χ0) is 14.7. The second kappa shape index (κ2) is 6.25. The minimum Gasteiger partial charge on any atom is -0.480 e. The molecule has 106 valence electrons. The van der Waals surface area contributed by atoms with Gasteiger partial charge >= 0.3 is 5.97 Å². The summed E-state index contributed by atoms with van der Waals surface area (Å²) >= 11 is 7.12. The molecule has 1 aromatic carbocycles. The molecule has 0 saturated heterocycles. The first-order valence-electron chi connectivity index (χ1n) is 5.72. The number of thioether (sulfide) groups is 1. The van der Waals surface area contributed by atoms with E-state index >= 15 is 0 Å². The van der Waals surface area contributed by atoms with Crippen molar-refractivity contribution < 1.29 is 9.90 Å². The van der Waals surface area contributed by atoms with Gasteiger partial charge in [0.25, 0.3) is 5.56 Å². The van der Waals surface area contributed by atoms with E-state index in [1.54, 1.807) is 18.2 Å². The van der Waals surface area contributed by atoms with Crippen LogP contribution in [0.2, 0.25) is 5.02 Å². The average molecular weight is 314 g/mol. The Bertz CT molecular complexity index is 704. The Hall–Kier alpha value is -1.57. The van der Waals surface area contributed by atoms with Crippen molar-refractivity contribution in [2.75, 3.05) is 5.75 Å². The summed E-state index contributed by atoms with van der Waals surface area (Å²) in [5.74, 6) is 0.0615. The van der Waals surface area contributed by atoms with Gasteiger partial charge in [-0.3, -0.25) is 9.59 Å². The van der Waals surface area contributed by atoms with Gasteiger partial charge in [-0.25, -0.2) is 4.98 Å². The van der Waals surface area contributed by atoms with Crippen LogP contribution in [0.5, 0.6) is 0 Å². The zero-order valence-corrected chi connectivity index (χ0v) is 11.9. The molecule has 20 heavy (non-hydrogen) atoms. The molecule has 0 fully saturated rings. The topological polar surface area (TPSA) is 109 Å². The minimum atomic E-state index is -1.05. The Labute approximate surface area is 123 Å². The van der Waals surface area contributed by atoms with E-state index in [1.165, 1.54) is 11.8 Å². The summed E-state index contributed by atoms with van der Waals surface area (Å²) in [6.07, 6.45) is 0. The van der Waals surface area contributed by atoms with Crippen molar-refractivity contribution in [1.82, 2.24) is 9.97 Å². The monoisotopic (exact) mass is 313 g/mol. The third-order valence-corrected chi connectivity index (χ3v) is 3.88. The molecule has 0 unspecified atom stereocenters.